The summed E-state index contributed by atoms with van der Waals surface area (Å²) in [6.07, 6.45) is 0. The molecule has 0 bridgehead atoms. The van der Waals surface area contributed by atoms with Crippen LogP contribution in [-0.4, -0.2) is 25.1 Å². The molecule has 3 N–H and O–H groups in total. The van der Waals surface area contributed by atoms with Crippen molar-refractivity contribution in [2.45, 2.75) is 19.4 Å². The van der Waals surface area contributed by atoms with Crippen molar-refractivity contribution in [2.24, 2.45) is 5.73 Å². The van der Waals surface area contributed by atoms with Gasteiger partial charge in [0.05, 0.1) is 7.11 Å². The van der Waals surface area contributed by atoms with Gasteiger partial charge in [-0.15, -0.1) is 23.7 Å². The van der Waals surface area contributed by atoms with Crippen LogP contribution < -0.4 is 15.8 Å². The molecule has 6 heteroatoms. The number of hydrogen-bond acceptors (Lipinski definition) is 4. The standard InChI is InChI=1S/C10H16N2O2S.ClH/c1-10(2,11)6-12-9(13)8-7(14-3)4-5-15-8;/h4-5H,6,11H2,1-3H3,(H,12,13);1H. The zero-order valence-electron chi connectivity index (χ0n) is 9.57. The Bertz CT molecular complexity index is 347. The van der Waals surface area contributed by atoms with E-state index in [2.05, 4.69) is 5.32 Å². The molecule has 0 radical (unpaired) electrons. The normalized spacial score (nSPS) is 10.5. The summed E-state index contributed by atoms with van der Waals surface area (Å²) in [5, 5.41) is 4.59. The van der Waals surface area contributed by atoms with E-state index < -0.39 is 5.54 Å². The lowest BCUT2D eigenvalue weighted by Crippen LogP contribution is -2.45. The molecule has 0 spiro atoms. The van der Waals surface area contributed by atoms with Gasteiger partial charge in [0, 0.05) is 12.1 Å². The molecule has 0 aliphatic heterocycles. The smallest absolute Gasteiger partial charge is 0.265 e. The molecule has 1 amide bonds. The molecule has 0 saturated carbocycles. The summed E-state index contributed by atoms with van der Waals surface area (Å²) in [4.78, 5) is 12.3. The molecule has 0 aromatic carbocycles. The highest BCUT2D eigenvalue weighted by molar-refractivity contribution is 7.12. The Morgan fingerprint density at radius 3 is 2.75 bits per heavy atom. The highest BCUT2D eigenvalue weighted by atomic mass is 35.5. The van der Waals surface area contributed by atoms with Crippen LogP contribution in [0.2, 0.25) is 0 Å². The SMILES string of the molecule is COc1ccsc1C(=O)NCC(C)(C)N.Cl. The van der Waals surface area contributed by atoms with Crippen LogP contribution in [0.15, 0.2) is 11.4 Å². The first-order valence-electron chi connectivity index (χ1n) is 4.62. The molecule has 1 aromatic heterocycles. The Kier molecular flexibility index (Phi) is 5.78. The maximum Gasteiger partial charge on any atom is 0.265 e. The van der Waals surface area contributed by atoms with E-state index >= 15 is 0 Å². The van der Waals surface area contributed by atoms with E-state index in [4.69, 9.17) is 10.5 Å². The van der Waals surface area contributed by atoms with Gasteiger partial charge in [-0.1, -0.05) is 0 Å². The summed E-state index contributed by atoms with van der Waals surface area (Å²) < 4.78 is 5.06. The minimum Gasteiger partial charge on any atom is -0.495 e. The van der Waals surface area contributed by atoms with Gasteiger partial charge in [-0.05, 0) is 25.3 Å². The summed E-state index contributed by atoms with van der Waals surface area (Å²) in [5.74, 6) is 0.465. The lowest BCUT2D eigenvalue weighted by atomic mass is 10.1. The van der Waals surface area contributed by atoms with Crippen LogP contribution in [0.4, 0.5) is 0 Å². The first-order chi connectivity index (χ1) is 6.94. The van der Waals surface area contributed by atoms with Crippen molar-refractivity contribution in [3.8, 4) is 5.75 Å². The Hall–Kier alpha value is -0.780. The third kappa shape index (κ3) is 4.38. The van der Waals surface area contributed by atoms with Crippen LogP contribution in [0.1, 0.15) is 23.5 Å². The van der Waals surface area contributed by atoms with E-state index in [0.717, 1.165) is 0 Å². The van der Waals surface area contributed by atoms with Gasteiger partial charge in [-0.3, -0.25) is 4.79 Å². The molecular weight excluding hydrogens is 248 g/mol. The van der Waals surface area contributed by atoms with Gasteiger partial charge < -0.3 is 15.8 Å². The zero-order valence-corrected chi connectivity index (χ0v) is 11.2. The van der Waals surface area contributed by atoms with E-state index in [-0.39, 0.29) is 18.3 Å². The number of methoxy groups -OCH3 is 1. The topological polar surface area (TPSA) is 64.3 Å². The fraction of sp³-hybridized carbons (Fsp3) is 0.500. The minimum absolute atomic E-state index is 0. The molecule has 0 fully saturated rings. The molecular formula is C10H17ClN2O2S. The summed E-state index contributed by atoms with van der Waals surface area (Å²) in [7, 11) is 1.55. The number of halogens is 1. The Labute approximate surface area is 106 Å². The van der Waals surface area contributed by atoms with E-state index in [0.29, 0.717) is 17.2 Å². The van der Waals surface area contributed by atoms with Crippen LogP contribution in [-0.2, 0) is 0 Å². The average Bonchev–Trinajstić information content (AvgIpc) is 2.60. The lowest BCUT2D eigenvalue weighted by Gasteiger charge is -2.18. The molecule has 0 atom stereocenters. The van der Waals surface area contributed by atoms with Gasteiger partial charge in [0.15, 0.2) is 0 Å². The van der Waals surface area contributed by atoms with Crippen molar-refractivity contribution in [3.05, 3.63) is 16.3 Å². The largest absolute Gasteiger partial charge is 0.495 e. The van der Waals surface area contributed by atoms with Crippen molar-refractivity contribution < 1.29 is 9.53 Å². The molecule has 0 aliphatic rings. The van der Waals surface area contributed by atoms with E-state index in [1.54, 1.807) is 13.2 Å². The molecule has 4 nitrogen and oxygen atoms in total. The second-order valence-electron chi connectivity index (χ2n) is 3.99. The first-order valence-corrected chi connectivity index (χ1v) is 5.50. The van der Waals surface area contributed by atoms with Crippen LogP contribution in [0.5, 0.6) is 5.75 Å². The number of hydrogen-bond donors (Lipinski definition) is 2. The summed E-state index contributed by atoms with van der Waals surface area (Å²) in [6, 6.07) is 1.77. The number of rotatable bonds is 4. The fourth-order valence-electron chi connectivity index (χ4n) is 1.01. The second kappa shape index (κ2) is 6.08. The quantitative estimate of drug-likeness (QED) is 0.869. The van der Waals surface area contributed by atoms with Gasteiger partial charge in [0.1, 0.15) is 10.6 Å². The van der Waals surface area contributed by atoms with Crippen LogP contribution in [0, 0.1) is 0 Å². The van der Waals surface area contributed by atoms with E-state index in [1.165, 1.54) is 11.3 Å². The number of thiophene rings is 1. The Morgan fingerprint density at radius 1 is 1.62 bits per heavy atom. The highest BCUT2D eigenvalue weighted by Crippen LogP contribution is 2.23. The predicted molar refractivity (Wildman–Crippen MR) is 68.7 cm³/mol. The van der Waals surface area contributed by atoms with E-state index in [1.807, 2.05) is 19.2 Å². The Balaban J connectivity index is 0.00000225. The predicted octanol–water partition coefficient (Wildman–Crippen LogP) is 1.65. The fourth-order valence-corrected chi connectivity index (χ4v) is 1.79. The molecule has 0 saturated heterocycles. The maximum absolute atomic E-state index is 11.7. The second-order valence-corrected chi connectivity index (χ2v) is 4.91. The number of nitrogens with one attached hydrogen (secondary N) is 1. The third-order valence-corrected chi connectivity index (χ3v) is 2.65. The molecule has 92 valence electrons. The number of nitrogens with two attached hydrogens (primary N) is 1. The molecule has 0 unspecified atom stereocenters. The first kappa shape index (κ1) is 15.2. The Morgan fingerprint density at radius 2 is 2.25 bits per heavy atom. The van der Waals surface area contributed by atoms with Gasteiger partial charge in [-0.25, -0.2) is 0 Å². The van der Waals surface area contributed by atoms with Crippen molar-refractivity contribution >= 4 is 29.7 Å². The lowest BCUT2D eigenvalue weighted by molar-refractivity contribution is 0.0947. The summed E-state index contributed by atoms with van der Waals surface area (Å²) in [6.45, 7) is 4.16. The monoisotopic (exact) mass is 264 g/mol. The number of carbonyl (C=O) groups is 1. The van der Waals surface area contributed by atoms with Crippen LogP contribution in [0.3, 0.4) is 0 Å². The molecule has 1 aromatic rings. The molecule has 1 heterocycles. The summed E-state index contributed by atoms with van der Waals surface area (Å²) in [5.41, 5.74) is 5.36. The number of carbonyl (C=O) groups excluding carboxylic acids is 1. The number of amides is 1. The van der Waals surface area contributed by atoms with Gasteiger partial charge in [0.25, 0.3) is 5.91 Å². The number of ether oxygens (including phenoxy) is 1. The van der Waals surface area contributed by atoms with Crippen molar-refractivity contribution in [1.82, 2.24) is 5.32 Å². The molecule has 1 rings (SSSR count). The van der Waals surface area contributed by atoms with Gasteiger partial charge >= 0.3 is 0 Å². The minimum atomic E-state index is -0.403. The summed E-state index contributed by atoms with van der Waals surface area (Å²) >= 11 is 1.35. The molecule has 0 aliphatic carbocycles. The van der Waals surface area contributed by atoms with Crippen molar-refractivity contribution in [3.63, 3.8) is 0 Å². The maximum atomic E-state index is 11.7. The zero-order chi connectivity index (χ0) is 11.5. The van der Waals surface area contributed by atoms with Crippen molar-refractivity contribution in [2.75, 3.05) is 13.7 Å². The van der Waals surface area contributed by atoms with Crippen LogP contribution >= 0.6 is 23.7 Å². The van der Waals surface area contributed by atoms with E-state index in [9.17, 15) is 4.79 Å². The van der Waals surface area contributed by atoms with Crippen LogP contribution in [0.25, 0.3) is 0 Å². The van der Waals surface area contributed by atoms with Crippen molar-refractivity contribution in [1.29, 1.82) is 0 Å². The van der Waals surface area contributed by atoms with Gasteiger partial charge in [-0.2, -0.15) is 0 Å². The third-order valence-electron chi connectivity index (χ3n) is 1.76. The van der Waals surface area contributed by atoms with Gasteiger partial charge in [0.2, 0.25) is 0 Å². The molecule has 16 heavy (non-hydrogen) atoms. The average molecular weight is 265 g/mol. The highest BCUT2D eigenvalue weighted by Gasteiger charge is 2.17.